The van der Waals surface area contributed by atoms with Gasteiger partial charge in [-0.15, -0.1) is 11.8 Å². The summed E-state index contributed by atoms with van der Waals surface area (Å²) in [5.41, 5.74) is 0. The van der Waals surface area contributed by atoms with Gasteiger partial charge in [-0.1, -0.05) is 6.92 Å². The van der Waals surface area contributed by atoms with Crippen LogP contribution in [0.15, 0.2) is 0 Å². The number of rotatable bonds is 1. The fraction of sp³-hybridized carbons (Fsp3) is 1.00. The molecule has 1 heterocycles. The number of nitrogens with zero attached hydrogens (tertiary/aromatic N) is 1. The molecule has 0 aromatic carbocycles. The molecule has 1 saturated heterocycles. The van der Waals surface area contributed by atoms with Crippen LogP contribution in [-0.4, -0.2) is 33.9 Å². The van der Waals surface area contributed by atoms with Crippen molar-refractivity contribution in [3.63, 3.8) is 0 Å². The summed E-state index contributed by atoms with van der Waals surface area (Å²) in [7, 11) is 0. The molecule has 54 valence electrons. The van der Waals surface area contributed by atoms with Crippen LogP contribution in [0.5, 0.6) is 0 Å². The highest BCUT2D eigenvalue weighted by atomic mass is 32.2. The van der Waals surface area contributed by atoms with E-state index in [4.69, 9.17) is 5.11 Å². The van der Waals surface area contributed by atoms with Crippen LogP contribution in [0.25, 0.3) is 0 Å². The molecule has 1 fully saturated rings. The summed E-state index contributed by atoms with van der Waals surface area (Å²) >= 11 is 1.90. The van der Waals surface area contributed by atoms with Crippen LogP contribution in [-0.2, 0) is 0 Å². The van der Waals surface area contributed by atoms with Crippen molar-refractivity contribution in [2.24, 2.45) is 0 Å². The largest absolute Gasteiger partial charge is 0.379 e. The Morgan fingerprint density at radius 1 is 1.78 bits per heavy atom. The highest BCUT2D eigenvalue weighted by Gasteiger charge is 2.21. The molecule has 0 aliphatic carbocycles. The van der Waals surface area contributed by atoms with Gasteiger partial charge in [-0.25, -0.2) is 0 Å². The van der Waals surface area contributed by atoms with Crippen molar-refractivity contribution in [2.75, 3.05) is 12.4 Å². The van der Waals surface area contributed by atoms with E-state index < -0.39 is 0 Å². The maximum Gasteiger partial charge on any atom is 0.105 e. The van der Waals surface area contributed by atoms with Crippen molar-refractivity contribution >= 4 is 11.8 Å². The topological polar surface area (TPSA) is 23.5 Å². The van der Waals surface area contributed by atoms with Gasteiger partial charge < -0.3 is 5.11 Å². The molecule has 0 amide bonds. The van der Waals surface area contributed by atoms with E-state index in [2.05, 4.69) is 11.8 Å². The Kier molecular flexibility index (Phi) is 2.38. The van der Waals surface area contributed by atoms with Gasteiger partial charge >= 0.3 is 0 Å². The fourth-order valence-electron chi connectivity index (χ4n) is 0.919. The molecule has 1 rings (SSSR count). The third kappa shape index (κ3) is 1.85. The van der Waals surface area contributed by atoms with Gasteiger partial charge in [0.2, 0.25) is 0 Å². The van der Waals surface area contributed by atoms with Crippen molar-refractivity contribution in [2.45, 2.75) is 25.3 Å². The zero-order valence-corrected chi connectivity index (χ0v) is 6.69. The van der Waals surface area contributed by atoms with Crippen LogP contribution < -0.4 is 0 Å². The third-order valence-corrected chi connectivity index (χ3v) is 2.74. The number of hydrogen-bond donors (Lipinski definition) is 1. The number of aliphatic hydroxyl groups is 1. The minimum absolute atomic E-state index is 0.262. The van der Waals surface area contributed by atoms with Crippen molar-refractivity contribution in [1.82, 2.24) is 4.90 Å². The van der Waals surface area contributed by atoms with Crippen LogP contribution in [0, 0.1) is 0 Å². The first-order chi connectivity index (χ1) is 4.20. The van der Waals surface area contributed by atoms with Gasteiger partial charge in [0, 0.05) is 17.7 Å². The van der Waals surface area contributed by atoms with Crippen molar-refractivity contribution in [3.8, 4) is 0 Å². The monoisotopic (exact) mass is 147 g/mol. The molecular formula is C6H13NOS. The minimum atomic E-state index is -0.262. The van der Waals surface area contributed by atoms with Crippen molar-refractivity contribution in [1.29, 1.82) is 0 Å². The number of hydrogen-bond acceptors (Lipinski definition) is 3. The average Bonchev–Trinajstić information content (AvgIpc) is 2.14. The van der Waals surface area contributed by atoms with Crippen molar-refractivity contribution < 1.29 is 5.11 Å². The molecule has 9 heavy (non-hydrogen) atoms. The van der Waals surface area contributed by atoms with Crippen molar-refractivity contribution in [3.05, 3.63) is 0 Å². The van der Waals surface area contributed by atoms with E-state index in [9.17, 15) is 0 Å². The van der Waals surface area contributed by atoms with E-state index in [1.165, 1.54) is 0 Å². The van der Waals surface area contributed by atoms with Gasteiger partial charge in [-0.3, -0.25) is 4.90 Å². The van der Waals surface area contributed by atoms with Crippen LogP contribution >= 0.6 is 11.8 Å². The van der Waals surface area contributed by atoms with E-state index in [0.29, 0.717) is 5.25 Å². The molecule has 0 unspecified atom stereocenters. The summed E-state index contributed by atoms with van der Waals surface area (Å²) in [6.07, 6.45) is -0.262. The van der Waals surface area contributed by atoms with Gasteiger partial charge in [0.1, 0.15) is 6.23 Å². The van der Waals surface area contributed by atoms with Gasteiger partial charge in [0.15, 0.2) is 0 Å². The summed E-state index contributed by atoms with van der Waals surface area (Å²) in [6.45, 7) is 5.04. The number of aliphatic hydroxyl groups excluding tert-OH is 1. The second-order valence-electron chi connectivity index (χ2n) is 2.51. The Labute approximate surface area is 60.2 Å². The molecule has 0 radical (unpaired) electrons. The molecule has 0 bridgehead atoms. The predicted octanol–water partition coefficient (Wildman–Crippen LogP) is 0.720. The molecule has 2 atom stereocenters. The summed E-state index contributed by atoms with van der Waals surface area (Å²) < 4.78 is 0. The summed E-state index contributed by atoms with van der Waals surface area (Å²) in [5.74, 6) is 0.985. The maximum absolute atomic E-state index is 9.08. The lowest BCUT2D eigenvalue weighted by molar-refractivity contribution is 0.0398. The molecule has 1 N–H and O–H groups in total. The summed E-state index contributed by atoms with van der Waals surface area (Å²) in [6, 6.07) is 0. The molecule has 0 aromatic heterocycles. The second kappa shape index (κ2) is 2.90. The minimum Gasteiger partial charge on any atom is -0.379 e. The van der Waals surface area contributed by atoms with E-state index in [1.54, 1.807) is 0 Å². The Morgan fingerprint density at radius 2 is 2.44 bits per heavy atom. The lowest BCUT2D eigenvalue weighted by Gasteiger charge is -2.16. The second-order valence-corrected chi connectivity index (χ2v) is 3.91. The Bertz CT molecular complexity index is 97.1. The molecule has 2 nitrogen and oxygen atoms in total. The predicted molar refractivity (Wildman–Crippen MR) is 40.3 cm³/mol. The van der Waals surface area contributed by atoms with Crippen LogP contribution in [0.2, 0.25) is 0 Å². The first kappa shape index (κ1) is 7.38. The normalized spacial score (nSPS) is 33.0. The van der Waals surface area contributed by atoms with Crippen LogP contribution in [0.3, 0.4) is 0 Å². The highest BCUT2D eigenvalue weighted by molar-refractivity contribution is 8.00. The molecule has 1 aliphatic rings. The summed E-state index contributed by atoms with van der Waals surface area (Å²) in [4.78, 5) is 2.06. The summed E-state index contributed by atoms with van der Waals surface area (Å²) in [5, 5.41) is 9.78. The van der Waals surface area contributed by atoms with Gasteiger partial charge in [-0.05, 0) is 6.92 Å². The Morgan fingerprint density at radius 3 is 2.67 bits per heavy atom. The van der Waals surface area contributed by atoms with Gasteiger partial charge in [0.05, 0.1) is 0 Å². The van der Waals surface area contributed by atoms with Gasteiger partial charge in [-0.2, -0.15) is 0 Å². The zero-order chi connectivity index (χ0) is 6.85. The molecule has 3 heteroatoms. The standard InChI is InChI=1S/C6H13NOS/c1-5-3-7(4-9-5)6(2)8/h5-6,8H,3-4H2,1-2H3/t5-,6-/m0/s1. The van der Waals surface area contributed by atoms with Gasteiger partial charge in [0.25, 0.3) is 0 Å². The molecule has 0 aromatic rings. The Balaban J connectivity index is 2.30. The van der Waals surface area contributed by atoms with E-state index in [0.717, 1.165) is 12.4 Å². The van der Waals surface area contributed by atoms with E-state index in [-0.39, 0.29) is 6.23 Å². The third-order valence-electron chi connectivity index (χ3n) is 1.54. The molecular weight excluding hydrogens is 134 g/mol. The highest BCUT2D eigenvalue weighted by Crippen LogP contribution is 2.22. The fourth-order valence-corrected chi connectivity index (χ4v) is 1.98. The lowest BCUT2D eigenvalue weighted by atomic mass is 10.4. The zero-order valence-electron chi connectivity index (χ0n) is 5.87. The number of thioether (sulfide) groups is 1. The first-order valence-electron chi connectivity index (χ1n) is 3.24. The average molecular weight is 147 g/mol. The van der Waals surface area contributed by atoms with Crippen LogP contribution in [0.1, 0.15) is 13.8 Å². The lowest BCUT2D eigenvalue weighted by Crippen LogP contribution is -2.30. The smallest absolute Gasteiger partial charge is 0.105 e. The Hall–Kier alpha value is 0.270. The first-order valence-corrected chi connectivity index (χ1v) is 4.28. The van der Waals surface area contributed by atoms with E-state index in [1.807, 2.05) is 18.7 Å². The SMILES string of the molecule is C[C@H](O)N1CS[C@@H](C)C1. The maximum atomic E-state index is 9.08. The van der Waals surface area contributed by atoms with E-state index >= 15 is 0 Å². The molecule has 0 saturated carbocycles. The quantitative estimate of drug-likeness (QED) is 0.591. The molecule has 1 aliphatic heterocycles. The molecule has 0 spiro atoms. The van der Waals surface area contributed by atoms with Crippen LogP contribution in [0.4, 0.5) is 0 Å².